The lowest BCUT2D eigenvalue weighted by Gasteiger charge is -2.48. The first-order valence-corrected chi connectivity index (χ1v) is 9.21. The van der Waals surface area contributed by atoms with Gasteiger partial charge in [0.05, 0.1) is 17.8 Å². The molecule has 4 aliphatic heterocycles. The first kappa shape index (κ1) is 15.8. The Morgan fingerprint density at radius 3 is 2.75 bits per heavy atom. The third-order valence-electron chi connectivity index (χ3n) is 6.00. The Bertz CT molecular complexity index is 625. The van der Waals surface area contributed by atoms with Gasteiger partial charge in [-0.05, 0) is 70.2 Å². The molecular formula is C19H27N3O2. The molecule has 4 heterocycles. The third kappa shape index (κ3) is 2.65. The molecule has 0 saturated carbocycles. The lowest BCUT2D eigenvalue weighted by Crippen LogP contribution is -2.57. The highest BCUT2D eigenvalue weighted by Gasteiger charge is 2.39. The predicted octanol–water partition coefficient (Wildman–Crippen LogP) is 2.43. The molecule has 5 rings (SSSR count). The van der Waals surface area contributed by atoms with Crippen molar-refractivity contribution in [3.05, 3.63) is 17.7 Å². The van der Waals surface area contributed by atoms with Gasteiger partial charge in [-0.25, -0.2) is 0 Å². The number of carbonyl (C=O) groups excluding carboxylic acids is 1. The molecule has 5 heteroatoms. The summed E-state index contributed by atoms with van der Waals surface area (Å²) in [7, 11) is 0. The van der Waals surface area contributed by atoms with Crippen LogP contribution in [0.1, 0.15) is 38.2 Å². The summed E-state index contributed by atoms with van der Waals surface area (Å²) in [6.07, 6.45) is 6.54. The van der Waals surface area contributed by atoms with Crippen LogP contribution in [0.5, 0.6) is 5.75 Å². The predicted molar refractivity (Wildman–Crippen MR) is 95.4 cm³/mol. The number of benzene rings is 1. The molecular weight excluding hydrogens is 302 g/mol. The molecule has 1 aromatic rings. The van der Waals surface area contributed by atoms with Crippen LogP contribution in [0.2, 0.25) is 0 Å². The van der Waals surface area contributed by atoms with Crippen LogP contribution in [0.25, 0.3) is 0 Å². The van der Waals surface area contributed by atoms with E-state index in [1.165, 1.54) is 25.9 Å². The van der Waals surface area contributed by atoms with Gasteiger partial charge in [0.25, 0.3) is 0 Å². The Kier molecular flexibility index (Phi) is 4.12. The number of rotatable bonds is 3. The van der Waals surface area contributed by atoms with E-state index >= 15 is 0 Å². The van der Waals surface area contributed by atoms with E-state index in [0.717, 1.165) is 54.9 Å². The Hall–Kier alpha value is -1.75. The number of hydrogen-bond acceptors (Lipinski definition) is 4. The molecule has 3 fully saturated rings. The quantitative estimate of drug-likeness (QED) is 0.683. The minimum absolute atomic E-state index is 0.159. The van der Waals surface area contributed by atoms with Gasteiger partial charge in [0, 0.05) is 17.8 Å². The molecule has 1 aromatic carbocycles. The number of fused-ring (bicyclic) bond motifs is 4. The highest BCUT2D eigenvalue weighted by molar-refractivity contribution is 5.83. The van der Waals surface area contributed by atoms with Crippen LogP contribution in [0.4, 0.5) is 11.4 Å². The van der Waals surface area contributed by atoms with Gasteiger partial charge in [0.2, 0.25) is 6.41 Å². The average molecular weight is 329 g/mol. The summed E-state index contributed by atoms with van der Waals surface area (Å²) in [6.45, 7) is 5.40. The summed E-state index contributed by atoms with van der Waals surface area (Å²) in [5.41, 5.74) is 8.97. The van der Waals surface area contributed by atoms with Gasteiger partial charge >= 0.3 is 0 Å². The van der Waals surface area contributed by atoms with E-state index in [0.29, 0.717) is 5.92 Å². The van der Waals surface area contributed by atoms with Crippen molar-refractivity contribution >= 4 is 17.8 Å². The highest BCUT2D eigenvalue weighted by atomic mass is 16.5. The van der Waals surface area contributed by atoms with Crippen molar-refractivity contribution in [3.8, 4) is 5.75 Å². The number of amides is 1. The Morgan fingerprint density at radius 2 is 2.08 bits per heavy atom. The molecule has 0 spiro atoms. The Balaban J connectivity index is 1.73. The standard InChI is InChI=1S/C19H27N3O2/c1-13-3-2-4-15-16(20)5-6-17(19(15)24-13)22(12-23)18-11-21-9-7-14(18)8-10-21/h5-6,12-14,18H,2-4,7-11,20H2,1H3. The molecule has 0 radical (unpaired) electrons. The fraction of sp³-hybridized carbons (Fsp3) is 0.632. The second-order valence-corrected chi connectivity index (χ2v) is 7.52. The third-order valence-corrected chi connectivity index (χ3v) is 6.00. The molecule has 24 heavy (non-hydrogen) atoms. The van der Waals surface area contributed by atoms with Crippen LogP contribution in [0.3, 0.4) is 0 Å². The molecule has 2 atom stereocenters. The smallest absolute Gasteiger partial charge is 0.214 e. The number of carbonyl (C=O) groups is 1. The van der Waals surface area contributed by atoms with Crippen molar-refractivity contribution in [1.29, 1.82) is 0 Å². The van der Waals surface area contributed by atoms with E-state index in [1.54, 1.807) is 0 Å². The molecule has 3 saturated heterocycles. The molecule has 130 valence electrons. The maximum absolute atomic E-state index is 12.0. The number of hydrogen-bond donors (Lipinski definition) is 1. The Morgan fingerprint density at radius 1 is 1.29 bits per heavy atom. The minimum Gasteiger partial charge on any atom is -0.488 e. The second-order valence-electron chi connectivity index (χ2n) is 7.52. The number of nitrogen functional groups attached to an aromatic ring is 1. The highest BCUT2D eigenvalue weighted by Crippen LogP contribution is 2.42. The van der Waals surface area contributed by atoms with Gasteiger partial charge in [-0.15, -0.1) is 0 Å². The fourth-order valence-corrected chi connectivity index (χ4v) is 4.61. The maximum atomic E-state index is 12.0. The van der Waals surface area contributed by atoms with E-state index in [4.69, 9.17) is 10.5 Å². The largest absolute Gasteiger partial charge is 0.488 e. The molecule has 2 N–H and O–H groups in total. The first-order chi connectivity index (χ1) is 11.7. The molecule has 2 unspecified atom stereocenters. The molecule has 5 nitrogen and oxygen atoms in total. The van der Waals surface area contributed by atoms with E-state index in [2.05, 4.69) is 11.8 Å². The average Bonchev–Trinajstić information content (AvgIpc) is 2.81. The minimum atomic E-state index is 0.159. The van der Waals surface area contributed by atoms with Crippen LogP contribution in [0, 0.1) is 5.92 Å². The topological polar surface area (TPSA) is 58.8 Å². The summed E-state index contributed by atoms with van der Waals surface area (Å²) in [4.78, 5) is 16.4. The summed E-state index contributed by atoms with van der Waals surface area (Å²) in [5, 5.41) is 0. The van der Waals surface area contributed by atoms with Crippen LogP contribution >= 0.6 is 0 Å². The van der Waals surface area contributed by atoms with Crippen LogP contribution in [-0.2, 0) is 11.2 Å². The van der Waals surface area contributed by atoms with E-state index in [1.807, 2.05) is 17.0 Å². The molecule has 4 aliphatic rings. The van der Waals surface area contributed by atoms with Crippen molar-refractivity contribution < 1.29 is 9.53 Å². The van der Waals surface area contributed by atoms with Crippen molar-refractivity contribution in [1.82, 2.24) is 4.90 Å². The van der Waals surface area contributed by atoms with Gasteiger partial charge in [-0.3, -0.25) is 4.79 Å². The van der Waals surface area contributed by atoms with Crippen LogP contribution < -0.4 is 15.4 Å². The molecule has 2 bridgehead atoms. The van der Waals surface area contributed by atoms with Gasteiger partial charge in [-0.1, -0.05) is 0 Å². The van der Waals surface area contributed by atoms with E-state index in [9.17, 15) is 4.79 Å². The summed E-state index contributed by atoms with van der Waals surface area (Å²) in [6, 6.07) is 4.16. The fourth-order valence-electron chi connectivity index (χ4n) is 4.61. The second kappa shape index (κ2) is 6.28. The van der Waals surface area contributed by atoms with Gasteiger partial charge in [-0.2, -0.15) is 0 Å². The number of anilines is 2. The Labute approximate surface area is 143 Å². The van der Waals surface area contributed by atoms with Gasteiger partial charge < -0.3 is 20.3 Å². The first-order valence-electron chi connectivity index (χ1n) is 9.21. The zero-order valence-electron chi connectivity index (χ0n) is 14.4. The van der Waals surface area contributed by atoms with Gasteiger partial charge in [0.15, 0.2) is 0 Å². The van der Waals surface area contributed by atoms with E-state index in [-0.39, 0.29) is 12.1 Å². The van der Waals surface area contributed by atoms with Crippen LogP contribution in [0.15, 0.2) is 12.1 Å². The normalized spacial score (nSPS) is 31.7. The van der Waals surface area contributed by atoms with Crippen LogP contribution in [-0.4, -0.2) is 43.1 Å². The zero-order valence-corrected chi connectivity index (χ0v) is 14.4. The van der Waals surface area contributed by atoms with Crippen molar-refractivity contribution in [2.24, 2.45) is 5.92 Å². The summed E-state index contributed by atoms with van der Waals surface area (Å²) < 4.78 is 6.23. The van der Waals surface area contributed by atoms with Crippen molar-refractivity contribution in [2.75, 3.05) is 30.3 Å². The SMILES string of the molecule is CC1CCCc2c(N)ccc(N(C=O)C3CN4CCC3CC4)c2O1. The van der Waals surface area contributed by atoms with Crippen molar-refractivity contribution in [3.63, 3.8) is 0 Å². The summed E-state index contributed by atoms with van der Waals surface area (Å²) >= 11 is 0. The molecule has 1 amide bonds. The number of ether oxygens (including phenoxy) is 1. The lowest BCUT2D eigenvalue weighted by molar-refractivity contribution is -0.108. The van der Waals surface area contributed by atoms with Crippen molar-refractivity contribution in [2.45, 2.75) is 51.2 Å². The monoisotopic (exact) mass is 329 g/mol. The molecule has 0 aromatic heterocycles. The van der Waals surface area contributed by atoms with Gasteiger partial charge in [0.1, 0.15) is 5.75 Å². The lowest BCUT2D eigenvalue weighted by atomic mass is 9.83. The number of piperidine rings is 3. The maximum Gasteiger partial charge on any atom is 0.214 e. The van der Waals surface area contributed by atoms with E-state index < -0.39 is 0 Å². The zero-order chi connectivity index (χ0) is 16.7. The summed E-state index contributed by atoms with van der Waals surface area (Å²) in [5.74, 6) is 1.43. The number of nitrogens with zero attached hydrogens (tertiary/aromatic N) is 2. The molecule has 0 aliphatic carbocycles. The number of nitrogens with two attached hydrogens (primary N) is 1.